The normalized spacial score (nSPS) is 11.8. The second kappa shape index (κ2) is 7.53. The number of ether oxygens (including phenoxy) is 1. The van der Waals surface area contributed by atoms with Crippen LogP contribution >= 0.6 is 0 Å². The summed E-state index contributed by atoms with van der Waals surface area (Å²) in [5.41, 5.74) is 0.962. The van der Waals surface area contributed by atoms with Crippen molar-refractivity contribution in [3.05, 3.63) is 29.6 Å². The largest absolute Gasteiger partial charge is 0.465 e. The van der Waals surface area contributed by atoms with Crippen molar-refractivity contribution in [1.29, 1.82) is 0 Å². The molecule has 0 fully saturated rings. The second-order valence-corrected chi connectivity index (χ2v) is 4.55. The summed E-state index contributed by atoms with van der Waals surface area (Å²) in [6.07, 6.45) is 1.93. The van der Waals surface area contributed by atoms with Gasteiger partial charge in [0.15, 0.2) is 5.78 Å². The van der Waals surface area contributed by atoms with Gasteiger partial charge in [0.1, 0.15) is 11.7 Å². The topological polar surface area (TPSA) is 73.3 Å². The van der Waals surface area contributed by atoms with Gasteiger partial charge < -0.3 is 9.53 Å². The van der Waals surface area contributed by atoms with Crippen molar-refractivity contribution >= 4 is 17.5 Å². The molecule has 1 unspecified atom stereocenters. The SMILES string of the molecule is CCOC(=O)C(CCC(C)=O)C(=O)c1cccnc1C. The highest BCUT2D eigenvalue weighted by molar-refractivity contribution is 6.09. The summed E-state index contributed by atoms with van der Waals surface area (Å²) < 4.78 is 4.93. The van der Waals surface area contributed by atoms with Gasteiger partial charge in [-0.1, -0.05) is 0 Å². The Morgan fingerprint density at radius 2 is 2.05 bits per heavy atom. The van der Waals surface area contributed by atoms with Crippen molar-refractivity contribution in [1.82, 2.24) is 4.98 Å². The van der Waals surface area contributed by atoms with Crippen LogP contribution in [0.25, 0.3) is 0 Å². The lowest BCUT2D eigenvalue weighted by Crippen LogP contribution is -2.27. The summed E-state index contributed by atoms with van der Waals surface area (Å²) >= 11 is 0. The van der Waals surface area contributed by atoms with Gasteiger partial charge >= 0.3 is 5.97 Å². The number of rotatable bonds is 7. The minimum absolute atomic E-state index is 0.0602. The number of esters is 1. The Morgan fingerprint density at radius 3 is 2.60 bits per heavy atom. The highest BCUT2D eigenvalue weighted by Crippen LogP contribution is 2.18. The summed E-state index contributed by atoms with van der Waals surface area (Å²) in [5, 5.41) is 0. The van der Waals surface area contributed by atoms with E-state index >= 15 is 0 Å². The fourth-order valence-electron chi connectivity index (χ4n) is 1.88. The number of carbonyl (C=O) groups excluding carboxylic acids is 3. The van der Waals surface area contributed by atoms with E-state index in [1.54, 1.807) is 32.2 Å². The lowest BCUT2D eigenvalue weighted by molar-refractivity contribution is -0.146. The molecule has 0 aliphatic rings. The third kappa shape index (κ3) is 4.26. The molecule has 0 aliphatic heterocycles. The maximum Gasteiger partial charge on any atom is 0.316 e. The molecule has 1 rings (SSSR count). The van der Waals surface area contributed by atoms with Crippen LogP contribution < -0.4 is 0 Å². The third-order valence-electron chi connectivity index (χ3n) is 2.95. The highest BCUT2D eigenvalue weighted by Gasteiger charge is 2.30. The first-order valence-electron chi connectivity index (χ1n) is 6.59. The van der Waals surface area contributed by atoms with E-state index in [1.807, 2.05) is 0 Å². The van der Waals surface area contributed by atoms with Gasteiger partial charge in [-0.25, -0.2) is 0 Å². The second-order valence-electron chi connectivity index (χ2n) is 4.55. The van der Waals surface area contributed by atoms with E-state index in [1.165, 1.54) is 6.92 Å². The first kappa shape index (κ1) is 16.0. The number of nitrogens with zero attached hydrogens (tertiary/aromatic N) is 1. The molecule has 0 saturated heterocycles. The van der Waals surface area contributed by atoms with Crippen LogP contribution in [0.5, 0.6) is 0 Å². The minimum Gasteiger partial charge on any atom is -0.465 e. The Labute approximate surface area is 118 Å². The van der Waals surface area contributed by atoms with Gasteiger partial charge in [0.25, 0.3) is 0 Å². The summed E-state index contributed by atoms with van der Waals surface area (Å²) in [6, 6.07) is 3.28. The van der Waals surface area contributed by atoms with E-state index < -0.39 is 11.9 Å². The molecule has 1 aromatic rings. The molecule has 5 heteroatoms. The third-order valence-corrected chi connectivity index (χ3v) is 2.95. The zero-order valence-electron chi connectivity index (χ0n) is 12.0. The first-order chi connectivity index (χ1) is 9.47. The number of ketones is 2. The molecule has 0 aromatic carbocycles. The number of pyridine rings is 1. The van der Waals surface area contributed by atoms with Crippen LogP contribution in [0, 0.1) is 12.8 Å². The van der Waals surface area contributed by atoms with Crippen LogP contribution in [0.4, 0.5) is 0 Å². The van der Waals surface area contributed by atoms with E-state index in [0.717, 1.165) is 0 Å². The zero-order valence-corrected chi connectivity index (χ0v) is 12.0. The van der Waals surface area contributed by atoms with E-state index in [4.69, 9.17) is 4.74 Å². The van der Waals surface area contributed by atoms with Crippen molar-refractivity contribution in [2.45, 2.75) is 33.6 Å². The van der Waals surface area contributed by atoms with Crippen LogP contribution in [0.15, 0.2) is 18.3 Å². The standard InChI is InChI=1S/C15H19NO4/c1-4-20-15(19)13(8-7-10(2)17)14(18)12-6-5-9-16-11(12)3/h5-6,9,13H,4,7-8H2,1-3H3. The molecule has 20 heavy (non-hydrogen) atoms. The fraction of sp³-hybridized carbons (Fsp3) is 0.467. The van der Waals surface area contributed by atoms with Gasteiger partial charge in [-0.3, -0.25) is 14.6 Å². The Kier molecular flexibility index (Phi) is 6.03. The molecule has 0 bridgehead atoms. The number of hydrogen-bond donors (Lipinski definition) is 0. The van der Waals surface area contributed by atoms with E-state index in [9.17, 15) is 14.4 Å². The molecule has 1 aromatic heterocycles. The van der Waals surface area contributed by atoms with Crippen LogP contribution in [0.2, 0.25) is 0 Å². The van der Waals surface area contributed by atoms with E-state index in [-0.39, 0.29) is 31.0 Å². The maximum atomic E-state index is 12.4. The molecule has 0 amide bonds. The molecule has 0 radical (unpaired) electrons. The summed E-state index contributed by atoms with van der Waals surface area (Å²) in [6.45, 7) is 5.02. The molecule has 1 heterocycles. The summed E-state index contributed by atoms with van der Waals surface area (Å²) in [7, 11) is 0. The molecule has 1 atom stereocenters. The van der Waals surface area contributed by atoms with Gasteiger partial charge in [0, 0.05) is 23.9 Å². The molecule has 0 spiro atoms. The molecular formula is C15H19NO4. The monoisotopic (exact) mass is 277 g/mol. The number of Topliss-reactive ketones (excluding diaryl/α,β-unsaturated/α-hetero) is 2. The Hall–Kier alpha value is -2.04. The predicted molar refractivity (Wildman–Crippen MR) is 73.3 cm³/mol. The number of carbonyl (C=O) groups is 3. The van der Waals surface area contributed by atoms with Gasteiger partial charge in [0.2, 0.25) is 0 Å². The number of aryl methyl sites for hydroxylation is 1. The Morgan fingerprint density at radius 1 is 1.35 bits per heavy atom. The molecular weight excluding hydrogens is 258 g/mol. The average molecular weight is 277 g/mol. The first-order valence-corrected chi connectivity index (χ1v) is 6.59. The van der Waals surface area contributed by atoms with Gasteiger partial charge in [-0.15, -0.1) is 0 Å². The quantitative estimate of drug-likeness (QED) is 0.433. The van der Waals surface area contributed by atoms with Crippen molar-refractivity contribution in [2.75, 3.05) is 6.61 Å². The van der Waals surface area contributed by atoms with Crippen LogP contribution in [0.3, 0.4) is 0 Å². The smallest absolute Gasteiger partial charge is 0.316 e. The number of aromatic nitrogens is 1. The Balaban J connectivity index is 2.97. The average Bonchev–Trinajstić information content (AvgIpc) is 2.39. The summed E-state index contributed by atoms with van der Waals surface area (Å²) in [4.78, 5) is 39.5. The van der Waals surface area contributed by atoms with Crippen molar-refractivity contribution < 1.29 is 19.1 Å². The van der Waals surface area contributed by atoms with Gasteiger partial charge in [0.05, 0.1) is 6.61 Å². The van der Waals surface area contributed by atoms with E-state index in [2.05, 4.69) is 4.98 Å². The maximum absolute atomic E-state index is 12.4. The molecule has 5 nitrogen and oxygen atoms in total. The lowest BCUT2D eigenvalue weighted by atomic mass is 9.92. The highest BCUT2D eigenvalue weighted by atomic mass is 16.5. The van der Waals surface area contributed by atoms with Crippen molar-refractivity contribution in [2.24, 2.45) is 5.92 Å². The fourth-order valence-corrected chi connectivity index (χ4v) is 1.88. The van der Waals surface area contributed by atoms with Gasteiger partial charge in [-0.2, -0.15) is 0 Å². The van der Waals surface area contributed by atoms with Crippen LogP contribution in [-0.4, -0.2) is 29.1 Å². The van der Waals surface area contributed by atoms with Crippen LogP contribution in [0.1, 0.15) is 42.7 Å². The predicted octanol–water partition coefficient (Wildman–Crippen LogP) is 2.12. The van der Waals surface area contributed by atoms with E-state index in [0.29, 0.717) is 11.3 Å². The lowest BCUT2D eigenvalue weighted by Gasteiger charge is -2.14. The molecule has 0 saturated carbocycles. The summed E-state index contributed by atoms with van der Waals surface area (Å²) in [5.74, 6) is -1.92. The molecule has 0 N–H and O–H groups in total. The van der Waals surface area contributed by atoms with Crippen LogP contribution in [-0.2, 0) is 14.3 Å². The van der Waals surface area contributed by atoms with Crippen molar-refractivity contribution in [3.63, 3.8) is 0 Å². The van der Waals surface area contributed by atoms with Crippen molar-refractivity contribution in [3.8, 4) is 0 Å². The molecule has 108 valence electrons. The van der Waals surface area contributed by atoms with Gasteiger partial charge in [-0.05, 0) is 39.3 Å². The number of hydrogen-bond acceptors (Lipinski definition) is 5. The zero-order chi connectivity index (χ0) is 15.1. The minimum atomic E-state index is -0.943. The Bertz CT molecular complexity index is 510. The molecule has 0 aliphatic carbocycles.